The van der Waals surface area contributed by atoms with Crippen LogP contribution in [0.3, 0.4) is 0 Å². The summed E-state index contributed by atoms with van der Waals surface area (Å²) in [5, 5.41) is 9.60. The van der Waals surface area contributed by atoms with E-state index < -0.39 is 5.97 Å². The summed E-state index contributed by atoms with van der Waals surface area (Å²) < 4.78 is 1.72. The number of imidazole rings is 1. The summed E-state index contributed by atoms with van der Waals surface area (Å²) in [5.41, 5.74) is 0.249. The van der Waals surface area contributed by atoms with Gasteiger partial charge >= 0.3 is 5.97 Å². The van der Waals surface area contributed by atoms with Crippen LogP contribution in [0.2, 0.25) is 0 Å². The molecule has 1 aromatic heterocycles. The summed E-state index contributed by atoms with van der Waals surface area (Å²) >= 11 is 1.45. The Bertz CT molecular complexity index is 320. The van der Waals surface area contributed by atoms with Crippen molar-refractivity contribution in [3.8, 4) is 0 Å². The molecular weight excluding hydrogens is 188 g/mol. The highest BCUT2D eigenvalue weighted by atomic mass is 32.2. The second-order valence-electron chi connectivity index (χ2n) is 2.90. The number of carbonyl (C=O) groups is 1. The maximum Gasteiger partial charge on any atom is 0.354 e. The van der Waals surface area contributed by atoms with E-state index in [0.29, 0.717) is 0 Å². The van der Waals surface area contributed by atoms with Gasteiger partial charge in [0.05, 0.1) is 6.20 Å². The molecule has 0 aliphatic carbocycles. The minimum absolute atomic E-state index is 0.121. The van der Waals surface area contributed by atoms with E-state index in [1.54, 1.807) is 4.57 Å². The van der Waals surface area contributed by atoms with Gasteiger partial charge in [0.2, 0.25) is 0 Å². The average molecular weight is 200 g/mol. The molecule has 0 amide bonds. The normalized spacial score (nSPS) is 10.8. The number of aromatic nitrogens is 2. The first kappa shape index (κ1) is 10.1. The molecule has 5 heteroatoms. The molecule has 4 nitrogen and oxygen atoms in total. The SMILES string of the molecule is CSc1ncc(C(=O)O)n1C(C)C. The third-order valence-corrected chi connectivity index (χ3v) is 2.35. The number of carboxylic acids is 1. The third-order valence-electron chi connectivity index (χ3n) is 1.68. The van der Waals surface area contributed by atoms with Crippen LogP contribution in [-0.2, 0) is 0 Å². The maximum absolute atomic E-state index is 10.8. The first-order valence-electron chi connectivity index (χ1n) is 3.92. The Labute approximate surface area is 81.0 Å². The zero-order valence-corrected chi connectivity index (χ0v) is 8.63. The molecule has 0 atom stereocenters. The molecule has 1 N–H and O–H groups in total. The molecular formula is C8H12N2O2S. The maximum atomic E-state index is 10.8. The first-order chi connectivity index (χ1) is 6.07. The van der Waals surface area contributed by atoms with Crippen LogP contribution in [-0.4, -0.2) is 26.9 Å². The van der Waals surface area contributed by atoms with Gasteiger partial charge in [0.1, 0.15) is 5.69 Å². The van der Waals surface area contributed by atoms with Crippen molar-refractivity contribution in [2.45, 2.75) is 25.0 Å². The van der Waals surface area contributed by atoms with Gasteiger partial charge in [0.25, 0.3) is 0 Å². The van der Waals surface area contributed by atoms with E-state index in [9.17, 15) is 4.79 Å². The van der Waals surface area contributed by atoms with Crippen molar-refractivity contribution < 1.29 is 9.90 Å². The van der Waals surface area contributed by atoms with Gasteiger partial charge in [-0.05, 0) is 20.1 Å². The van der Waals surface area contributed by atoms with Gasteiger partial charge < -0.3 is 9.67 Å². The molecule has 0 saturated carbocycles. The number of thioether (sulfide) groups is 1. The van der Waals surface area contributed by atoms with E-state index in [0.717, 1.165) is 5.16 Å². The van der Waals surface area contributed by atoms with Crippen LogP contribution in [0.15, 0.2) is 11.4 Å². The molecule has 0 bridgehead atoms. The van der Waals surface area contributed by atoms with Gasteiger partial charge in [0, 0.05) is 6.04 Å². The van der Waals surface area contributed by atoms with Gasteiger partial charge in [-0.15, -0.1) is 0 Å². The molecule has 72 valence electrons. The molecule has 1 heterocycles. The number of hydrogen-bond donors (Lipinski definition) is 1. The minimum atomic E-state index is -0.929. The van der Waals surface area contributed by atoms with E-state index in [2.05, 4.69) is 4.98 Å². The van der Waals surface area contributed by atoms with Crippen molar-refractivity contribution >= 4 is 17.7 Å². The Hall–Kier alpha value is -0.970. The largest absolute Gasteiger partial charge is 0.477 e. The van der Waals surface area contributed by atoms with Crippen LogP contribution in [0.4, 0.5) is 0 Å². The Morgan fingerprint density at radius 1 is 1.69 bits per heavy atom. The molecule has 1 rings (SSSR count). The van der Waals surface area contributed by atoms with Crippen molar-refractivity contribution in [1.82, 2.24) is 9.55 Å². The lowest BCUT2D eigenvalue weighted by Gasteiger charge is -2.11. The third kappa shape index (κ3) is 1.85. The fraction of sp³-hybridized carbons (Fsp3) is 0.500. The lowest BCUT2D eigenvalue weighted by Crippen LogP contribution is -2.11. The van der Waals surface area contributed by atoms with Crippen LogP contribution < -0.4 is 0 Å². The molecule has 0 aliphatic rings. The van der Waals surface area contributed by atoms with Crippen LogP contribution >= 0.6 is 11.8 Å². The molecule has 0 unspecified atom stereocenters. The Morgan fingerprint density at radius 3 is 2.69 bits per heavy atom. The van der Waals surface area contributed by atoms with Crippen molar-refractivity contribution in [3.05, 3.63) is 11.9 Å². The standard InChI is InChI=1S/C8H12N2O2S/c1-5(2)10-6(7(11)12)4-9-8(10)13-3/h4-5H,1-3H3,(H,11,12). The zero-order valence-electron chi connectivity index (χ0n) is 7.81. The van der Waals surface area contributed by atoms with Crippen molar-refractivity contribution in [1.29, 1.82) is 0 Å². The van der Waals surface area contributed by atoms with Crippen LogP contribution in [0, 0.1) is 0 Å². The first-order valence-corrected chi connectivity index (χ1v) is 5.15. The number of nitrogens with zero attached hydrogens (tertiary/aromatic N) is 2. The number of carboxylic acid groups (broad SMARTS) is 1. The van der Waals surface area contributed by atoms with Crippen molar-refractivity contribution in [2.75, 3.05) is 6.26 Å². The number of hydrogen-bond acceptors (Lipinski definition) is 3. The predicted molar refractivity (Wildman–Crippen MR) is 51.4 cm³/mol. The summed E-state index contributed by atoms with van der Waals surface area (Å²) in [6.45, 7) is 3.88. The topological polar surface area (TPSA) is 55.1 Å². The average Bonchev–Trinajstić information content (AvgIpc) is 2.46. The smallest absolute Gasteiger partial charge is 0.354 e. The van der Waals surface area contributed by atoms with Gasteiger partial charge in [-0.3, -0.25) is 0 Å². The molecule has 0 spiro atoms. The summed E-state index contributed by atoms with van der Waals surface area (Å²) in [4.78, 5) is 14.8. The lowest BCUT2D eigenvalue weighted by atomic mass is 10.3. The predicted octanol–water partition coefficient (Wildman–Crippen LogP) is 1.88. The highest BCUT2D eigenvalue weighted by molar-refractivity contribution is 7.98. The van der Waals surface area contributed by atoms with Crippen LogP contribution in [0.25, 0.3) is 0 Å². The molecule has 1 aromatic rings. The Balaban J connectivity index is 3.22. The molecule has 13 heavy (non-hydrogen) atoms. The number of aromatic carboxylic acids is 1. The van der Waals surface area contributed by atoms with Gasteiger partial charge in [0.15, 0.2) is 5.16 Å². The molecule has 0 radical (unpaired) electrons. The van der Waals surface area contributed by atoms with Gasteiger partial charge in [-0.1, -0.05) is 11.8 Å². The van der Waals surface area contributed by atoms with Crippen LogP contribution in [0.1, 0.15) is 30.4 Å². The van der Waals surface area contributed by atoms with Crippen LogP contribution in [0.5, 0.6) is 0 Å². The summed E-state index contributed by atoms with van der Waals surface area (Å²) in [7, 11) is 0. The molecule has 0 aliphatic heterocycles. The Kier molecular flexibility index (Phi) is 2.98. The Morgan fingerprint density at radius 2 is 2.31 bits per heavy atom. The van der Waals surface area contributed by atoms with Gasteiger partial charge in [-0.25, -0.2) is 9.78 Å². The quantitative estimate of drug-likeness (QED) is 0.757. The van der Waals surface area contributed by atoms with E-state index >= 15 is 0 Å². The fourth-order valence-electron chi connectivity index (χ4n) is 1.15. The second-order valence-corrected chi connectivity index (χ2v) is 3.67. The van der Waals surface area contributed by atoms with E-state index in [-0.39, 0.29) is 11.7 Å². The summed E-state index contributed by atoms with van der Waals surface area (Å²) in [6, 6.07) is 0.121. The second kappa shape index (κ2) is 3.83. The fourth-order valence-corrected chi connectivity index (χ4v) is 1.82. The molecule has 0 saturated heterocycles. The van der Waals surface area contributed by atoms with E-state index in [4.69, 9.17) is 5.11 Å². The number of rotatable bonds is 3. The zero-order chi connectivity index (χ0) is 10.0. The van der Waals surface area contributed by atoms with E-state index in [1.807, 2.05) is 20.1 Å². The monoisotopic (exact) mass is 200 g/mol. The van der Waals surface area contributed by atoms with Crippen molar-refractivity contribution in [2.24, 2.45) is 0 Å². The van der Waals surface area contributed by atoms with Gasteiger partial charge in [-0.2, -0.15) is 0 Å². The molecule has 0 aromatic carbocycles. The van der Waals surface area contributed by atoms with Crippen molar-refractivity contribution in [3.63, 3.8) is 0 Å². The summed E-state index contributed by atoms with van der Waals surface area (Å²) in [5.74, 6) is -0.929. The highest BCUT2D eigenvalue weighted by Crippen LogP contribution is 2.20. The van der Waals surface area contributed by atoms with E-state index in [1.165, 1.54) is 18.0 Å². The molecule has 0 fully saturated rings. The minimum Gasteiger partial charge on any atom is -0.477 e. The lowest BCUT2D eigenvalue weighted by molar-refractivity contribution is 0.0682. The summed E-state index contributed by atoms with van der Waals surface area (Å²) in [6.07, 6.45) is 3.28. The highest BCUT2D eigenvalue weighted by Gasteiger charge is 2.16.